The number of hydrogen-bond donors (Lipinski definition) is 0. The van der Waals surface area contributed by atoms with Crippen molar-refractivity contribution in [3.05, 3.63) is 59.9 Å². The molecule has 1 aliphatic rings. The molecule has 2 aromatic rings. The molecule has 0 N–H and O–H groups in total. The van der Waals surface area contributed by atoms with Gasteiger partial charge >= 0.3 is 6.18 Å². The van der Waals surface area contributed by atoms with E-state index in [0.29, 0.717) is 11.3 Å². The minimum Gasteiger partial charge on any atom is -0.257 e. The van der Waals surface area contributed by atoms with Gasteiger partial charge in [0.1, 0.15) is 11.5 Å². The van der Waals surface area contributed by atoms with Gasteiger partial charge in [-0.3, -0.25) is 5.01 Å². The lowest BCUT2D eigenvalue weighted by molar-refractivity contribution is -0.0600. The smallest absolute Gasteiger partial charge is 0.257 e. The quantitative estimate of drug-likeness (QED) is 0.747. The maximum absolute atomic E-state index is 13.1. The van der Waals surface area contributed by atoms with Gasteiger partial charge in [0.05, 0.1) is 16.6 Å². The highest BCUT2D eigenvalue weighted by Crippen LogP contribution is 2.39. The van der Waals surface area contributed by atoms with Crippen molar-refractivity contribution < 1.29 is 26.0 Å². The molecule has 0 fully saturated rings. The molecule has 0 saturated heterocycles. The van der Waals surface area contributed by atoms with Crippen molar-refractivity contribution in [2.24, 2.45) is 5.10 Å². The van der Waals surface area contributed by atoms with Crippen LogP contribution in [0.15, 0.2) is 58.5 Å². The lowest BCUT2D eigenvalue weighted by Gasteiger charge is -2.24. The van der Waals surface area contributed by atoms with Gasteiger partial charge in [-0.1, -0.05) is 12.1 Å². The van der Waals surface area contributed by atoms with Gasteiger partial charge < -0.3 is 0 Å². The number of halogens is 4. The predicted octanol–water partition coefficient (Wildman–Crippen LogP) is 4.10. The van der Waals surface area contributed by atoms with Crippen LogP contribution in [0.5, 0.6) is 0 Å². The van der Waals surface area contributed by atoms with Gasteiger partial charge in [0.15, 0.2) is 9.84 Å². The summed E-state index contributed by atoms with van der Waals surface area (Å²) in [6.07, 6.45) is -3.92. The number of hydrazone groups is 1. The van der Waals surface area contributed by atoms with E-state index in [9.17, 15) is 26.0 Å². The Bertz CT molecular complexity index is 936. The van der Waals surface area contributed by atoms with Gasteiger partial charge in [-0.2, -0.15) is 18.3 Å². The van der Waals surface area contributed by atoms with Crippen molar-refractivity contribution in [2.45, 2.75) is 23.5 Å². The highest BCUT2D eigenvalue weighted by molar-refractivity contribution is 7.90. The summed E-state index contributed by atoms with van der Waals surface area (Å²) in [5.41, 5.74) is -0.161. The van der Waals surface area contributed by atoms with Crippen LogP contribution < -0.4 is 5.01 Å². The first kappa shape index (κ1) is 18.4. The van der Waals surface area contributed by atoms with E-state index in [1.165, 1.54) is 41.4 Å². The Balaban J connectivity index is 2.00. The Hall–Kier alpha value is -2.42. The second-order valence-electron chi connectivity index (χ2n) is 5.93. The van der Waals surface area contributed by atoms with Crippen LogP contribution in [0, 0.1) is 5.82 Å². The molecule has 2 aromatic carbocycles. The molecule has 4 nitrogen and oxygen atoms in total. The topological polar surface area (TPSA) is 49.7 Å². The number of nitrogens with zero attached hydrogens (tertiary/aromatic N) is 2. The number of alkyl halides is 3. The largest absolute Gasteiger partial charge is 0.431 e. The van der Waals surface area contributed by atoms with Crippen molar-refractivity contribution in [1.29, 1.82) is 0 Å². The summed E-state index contributed by atoms with van der Waals surface area (Å²) in [7, 11) is -3.41. The molecule has 1 aliphatic heterocycles. The molecule has 1 atom stereocenters. The van der Waals surface area contributed by atoms with Crippen LogP contribution in [0.2, 0.25) is 0 Å². The Labute approximate surface area is 147 Å². The van der Waals surface area contributed by atoms with Crippen molar-refractivity contribution in [3.63, 3.8) is 0 Å². The molecule has 0 unspecified atom stereocenters. The minimum atomic E-state index is -4.58. The number of hydrogen-bond acceptors (Lipinski definition) is 4. The van der Waals surface area contributed by atoms with E-state index < -0.39 is 33.6 Å². The second-order valence-corrected chi connectivity index (χ2v) is 7.94. The monoisotopic (exact) mass is 386 g/mol. The van der Waals surface area contributed by atoms with E-state index in [2.05, 4.69) is 5.10 Å². The zero-order chi connectivity index (χ0) is 19.1. The first-order chi connectivity index (χ1) is 12.1. The molecule has 0 spiro atoms. The van der Waals surface area contributed by atoms with Crippen molar-refractivity contribution in [1.82, 2.24) is 0 Å². The van der Waals surface area contributed by atoms with Crippen molar-refractivity contribution in [3.8, 4) is 0 Å². The summed E-state index contributed by atoms with van der Waals surface area (Å²) in [4.78, 5) is 0.0737. The standard InChI is InChI=1S/C17H14F4N2O2S/c1-26(24,25)14-8-2-11(3-9-14)15-10-16(17(19,20)21)22-23(15)13-6-4-12(18)5-7-13/h2-9,15H,10H2,1H3/t15-/m1/s1. The van der Waals surface area contributed by atoms with Gasteiger partial charge in [0.2, 0.25) is 0 Å². The number of benzene rings is 2. The van der Waals surface area contributed by atoms with Crippen molar-refractivity contribution in [2.75, 3.05) is 11.3 Å². The Kier molecular flexibility index (Phi) is 4.51. The number of rotatable bonds is 3. The molecule has 0 aromatic heterocycles. The summed E-state index contributed by atoms with van der Waals surface area (Å²) < 4.78 is 75.6. The summed E-state index contributed by atoms with van der Waals surface area (Å²) in [6.45, 7) is 0. The van der Waals surface area contributed by atoms with E-state index in [-0.39, 0.29) is 11.3 Å². The molecule has 1 heterocycles. The SMILES string of the molecule is CS(=O)(=O)c1ccc([C@H]2CC(C(F)(F)F)=NN2c2ccc(F)cc2)cc1. The van der Waals surface area contributed by atoms with E-state index in [1.54, 1.807) is 0 Å². The first-order valence-electron chi connectivity index (χ1n) is 7.55. The fourth-order valence-electron chi connectivity index (χ4n) is 2.71. The summed E-state index contributed by atoms with van der Waals surface area (Å²) in [5, 5.41) is 4.85. The molecule has 3 rings (SSSR count). The Morgan fingerprint density at radius 2 is 1.62 bits per heavy atom. The molecular weight excluding hydrogens is 372 g/mol. The van der Waals surface area contributed by atoms with Gasteiger partial charge in [-0.25, -0.2) is 12.8 Å². The highest BCUT2D eigenvalue weighted by atomic mass is 32.2. The predicted molar refractivity (Wildman–Crippen MR) is 89.3 cm³/mol. The summed E-state index contributed by atoms with van der Waals surface area (Å²) in [5.74, 6) is -0.512. The fraction of sp³-hybridized carbons (Fsp3) is 0.235. The molecule has 26 heavy (non-hydrogen) atoms. The lowest BCUT2D eigenvalue weighted by atomic mass is 10.0. The van der Waals surface area contributed by atoms with Gasteiger partial charge in [0, 0.05) is 12.7 Å². The average Bonchev–Trinajstić information content (AvgIpc) is 3.00. The van der Waals surface area contributed by atoms with E-state index in [0.717, 1.165) is 18.4 Å². The maximum Gasteiger partial charge on any atom is 0.431 e. The minimum absolute atomic E-state index is 0.0737. The average molecular weight is 386 g/mol. The molecule has 0 amide bonds. The van der Waals surface area contributed by atoms with Crippen LogP contribution in [0.3, 0.4) is 0 Å². The van der Waals surface area contributed by atoms with Crippen LogP contribution in [-0.4, -0.2) is 26.6 Å². The van der Waals surface area contributed by atoms with Gasteiger partial charge in [-0.05, 0) is 42.0 Å². The summed E-state index contributed by atoms with van der Waals surface area (Å²) in [6, 6.07) is 9.81. The third-order valence-electron chi connectivity index (χ3n) is 4.02. The zero-order valence-corrected chi connectivity index (χ0v) is 14.4. The molecule has 9 heteroatoms. The summed E-state index contributed by atoms with van der Waals surface area (Å²) >= 11 is 0. The molecule has 0 bridgehead atoms. The lowest BCUT2D eigenvalue weighted by Crippen LogP contribution is -2.21. The number of sulfone groups is 1. The van der Waals surface area contributed by atoms with Crippen LogP contribution >= 0.6 is 0 Å². The van der Waals surface area contributed by atoms with Crippen LogP contribution in [0.25, 0.3) is 0 Å². The van der Waals surface area contributed by atoms with Crippen molar-refractivity contribution >= 4 is 21.2 Å². The van der Waals surface area contributed by atoms with Gasteiger partial charge in [0.25, 0.3) is 0 Å². The first-order valence-corrected chi connectivity index (χ1v) is 9.44. The van der Waals surface area contributed by atoms with Gasteiger partial charge in [-0.15, -0.1) is 0 Å². The van der Waals surface area contributed by atoms with Crippen LogP contribution in [0.1, 0.15) is 18.0 Å². The number of anilines is 1. The van der Waals surface area contributed by atoms with E-state index in [1.807, 2.05) is 0 Å². The maximum atomic E-state index is 13.1. The molecular formula is C17H14F4N2O2S. The molecule has 0 saturated carbocycles. The molecule has 0 radical (unpaired) electrons. The highest BCUT2D eigenvalue weighted by Gasteiger charge is 2.43. The van der Waals surface area contributed by atoms with Crippen LogP contribution in [-0.2, 0) is 9.84 Å². The Morgan fingerprint density at radius 1 is 1.04 bits per heavy atom. The normalized spacial score (nSPS) is 18.1. The molecule has 0 aliphatic carbocycles. The Morgan fingerprint density at radius 3 is 2.12 bits per heavy atom. The third kappa shape index (κ3) is 3.72. The zero-order valence-electron chi connectivity index (χ0n) is 13.5. The molecule has 138 valence electrons. The second kappa shape index (κ2) is 6.39. The fourth-order valence-corrected chi connectivity index (χ4v) is 3.34. The van der Waals surface area contributed by atoms with E-state index >= 15 is 0 Å². The third-order valence-corrected chi connectivity index (χ3v) is 5.15. The van der Waals surface area contributed by atoms with E-state index in [4.69, 9.17) is 0 Å². The van der Waals surface area contributed by atoms with Crippen LogP contribution in [0.4, 0.5) is 23.2 Å².